The van der Waals surface area contributed by atoms with Gasteiger partial charge in [0.1, 0.15) is 10.4 Å². The Bertz CT molecular complexity index is 330. The molecule has 0 aromatic carbocycles. The van der Waals surface area contributed by atoms with Crippen LogP contribution in [0.2, 0.25) is 0 Å². The molecule has 0 aliphatic carbocycles. The van der Waals surface area contributed by atoms with E-state index >= 15 is 0 Å². The van der Waals surface area contributed by atoms with E-state index < -0.39 is 0 Å². The number of thioether (sulfide) groups is 1. The molecule has 1 atom stereocenters. The number of nitrogens with one attached hydrogen (secondary N) is 1. The molecule has 1 heterocycles. The molecule has 1 rings (SSSR count). The zero-order valence-electron chi connectivity index (χ0n) is 8.99. The lowest BCUT2D eigenvalue weighted by Gasteiger charge is -2.08. The molecule has 0 aliphatic rings. The third-order valence-electron chi connectivity index (χ3n) is 1.77. The summed E-state index contributed by atoms with van der Waals surface area (Å²) in [5, 5.41) is 14.1. The van der Waals surface area contributed by atoms with Crippen molar-refractivity contribution in [1.82, 2.24) is 10.3 Å². The van der Waals surface area contributed by atoms with Crippen LogP contribution in [0.4, 0.5) is 0 Å². The van der Waals surface area contributed by atoms with Crippen molar-refractivity contribution in [3.05, 3.63) is 11.1 Å². The van der Waals surface area contributed by atoms with Crippen molar-refractivity contribution >= 4 is 23.1 Å². The summed E-state index contributed by atoms with van der Waals surface area (Å²) in [6.07, 6.45) is 1.05. The highest BCUT2D eigenvalue weighted by atomic mass is 32.2. The second-order valence-electron chi connectivity index (χ2n) is 3.20. The van der Waals surface area contributed by atoms with Crippen LogP contribution in [0.3, 0.4) is 0 Å². The lowest BCUT2D eigenvalue weighted by molar-refractivity contribution is 0.637. The van der Waals surface area contributed by atoms with E-state index in [0.717, 1.165) is 28.8 Å². The lowest BCUT2D eigenvalue weighted by Crippen LogP contribution is -2.30. The van der Waals surface area contributed by atoms with Gasteiger partial charge in [-0.2, -0.15) is 5.26 Å². The van der Waals surface area contributed by atoms with Crippen LogP contribution in [0.1, 0.15) is 19.0 Å². The number of thiazole rings is 1. The summed E-state index contributed by atoms with van der Waals surface area (Å²) >= 11 is 3.29. The Balaban J connectivity index is 2.31. The molecule has 0 amide bonds. The van der Waals surface area contributed by atoms with E-state index in [4.69, 9.17) is 5.26 Å². The van der Waals surface area contributed by atoms with Gasteiger partial charge < -0.3 is 5.32 Å². The summed E-state index contributed by atoms with van der Waals surface area (Å²) < 4.78 is 1.05. The van der Waals surface area contributed by atoms with Gasteiger partial charge in [-0.25, -0.2) is 4.98 Å². The molecule has 3 nitrogen and oxygen atoms in total. The third-order valence-corrected chi connectivity index (χ3v) is 4.00. The van der Waals surface area contributed by atoms with Gasteiger partial charge in [0, 0.05) is 16.8 Å². The second-order valence-corrected chi connectivity index (χ2v) is 5.33. The standard InChI is InChI=1S/C10H15N3S2/c1-3-4-12-9(5-11)7-15-10-13-8(2)6-14-10/h6,9,12H,3-4,7H2,1-2H3. The molecule has 0 saturated heterocycles. The first-order valence-electron chi connectivity index (χ1n) is 4.94. The van der Waals surface area contributed by atoms with Crippen LogP contribution in [0.5, 0.6) is 0 Å². The summed E-state index contributed by atoms with van der Waals surface area (Å²) in [5.41, 5.74) is 1.05. The molecule has 1 aromatic heterocycles. The van der Waals surface area contributed by atoms with E-state index in [2.05, 4.69) is 23.3 Å². The van der Waals surface area contributed by atoms with Crippen LogP contribution in [0.25, 0.3) is 0 Å². The van der Waals surface area contributed by atoms with Gasteiger partial charge in [-0.3, -0.25) is 0 Å². The van der Waals surface area contributed by atoms with Crippen LogP contribution in [-0.4, -0.2) is 23.3 Å². The molecule has 1 N–H and O–H groups in total. The Morgan fingerprint density at radius 1 is 1.73 bits per heavy atom. The fourth-order valence-corrected chi connectivity index (χ4v) is 2.87. The Hall–Kier alpha value is -0.570. The fraction of sp³-hybridized carbons (Fsp3) is 0.600. The Kier molecular flexibility index (Phi) is 5.69. The minimum Gasteiger partial charge on any atom is -0.301 e. The highest BCUT2D eigenvalue weighted by Crippen LogP contribution is 2.22. The van der Waals surface area contributed by atoms with Crippen molar-refractivity contribution in [2.75, 3.05) is 12.3 Å². The molecular formula is C10H15N3S2. The van der Waals surface area contributed by atoms with E-state index in [1.165, 1.54) is 0 Å². The van der Waals surface area contributed by atoms with E-state index in [-0.39, 0.29) is 6.04 Å². The van der Waals surface area contributed by atoms with Crippen LogP contribution in [0, 0.1) is 18.3 Å². The lowest BCUT2D eigenvalue weighted by atomic mass is 10.3. The van der Waals surface area contributed by atoms with Crippen LogP contribution < -0.4 is 5.32 Å². The first-order chi connectivity index (χ1) is 7.26. The van der Waals surface area contributed by atoms with Crippen molar-refractivity contribution in [2.45, 2.75) is 30.6 Å². The van der Waals surface area contributed by atoms with Gasteiger partial charge in [-0.05, 0) is 19.9 Å². The molecule has 0 bridgehead atoms. The average molecular weight is 241 g/mol. The highest BCUT2D eigenvalue weighted by Gasteiger charge is 2.08. The average Bonchev–Trinajstić information content (AvgIpc) is 2.65. The minimum atomic E-state index is -0.0702. The number of hydrogen-bond acceptors (Lipinski definition) is 5. The quantitative estimate of drug-likeness (QED) is 0.777. The van der Waals surface area contributed by atoms with Gasteiger partial charge >= 0.3 is 0 Å². The van der Waals surface area contributed by atoms with Crippen LogP contribution >= 0.6 is 23.1 Å². The summed E-state index contributed by atoms with van der Waals surface area (Å²) in [4.78, 5) is 4.34. The smallest absolute Gasteiger partial charge is 0.150 e. The number of aromatic nitrogens is 1. The van der Waals surface area contributed by atoms with E-state index in [1.54, 1.807) is 23.1 Å². The van der Waals surface area contributed by atoms with Crippen molar-refractivity contribution < 1.29 is 0 Å². The largest absolute Gasteiger partial charge is 0.301 e. The van der Waals surface area contributed by atoms with Gasteiger partial charge in [-0.1, -0.05) is 18.7 Å². The molecule has 1 unspecified atom stereocenters. The van der Waals surface area contributed by atoms with E-state index in [9.17, 15) is 0 Å². The summed E-state index contributed by atoms with van der Waals surface area (Å²) in [5.74, 6) is 0.767. The topological polar surface area (TPSA) is 48.7 Å². The molecule has 5 heteroatoms. The van der Waals surface area contributed by atoms with Gasteiger partial charge in [0.2, 0.25) is 0 Å². The summed E-state index contributed by atoms with van der Waals surface area (Å²) in [7, 11) is 0. The van der Waals surface area contributed by atoms with Crippen LogP contribution in [0.15, 0.2) is 9.72 Å². The summed E-state index contributed by atoms with van der Waals surface area (Å²) in [6.45, 7) is 4.98. The third kappa shape index (κ3) is 4.65. The van der Waals surface area contributed by atoms with E-state index in [0.29, 0.717) is 0 Å². The SMILES string of the molecule is CCCNC(C#N)CSc1nc(C)cs1. The first kappa shape index (κ1) is 12.5. The molecule has 0 radical (unpaired) electrons. The molecule has 0 saturated carbocycles. The Morgan fingerprint density at radius 2 is 2.53 bits per heavy atom. The Morgan fingerprint density at radius 3 is 3.07 bits per heavy atom. The highest BCUT2D eigenvalue weighted by molar-refractivity contribution is 8.01. The van der Waals surface area contributed by atoms with Gasteiger partial charge in [0.05, 0.1) is 6.07 Å². The number of hydrogen-bond donors (Lipinski definition) is 1. The van der Waals surface area contributed by atoms with Crippen molar-refractivity contribution in [1.29, 1.82) is 5.26 Å². The Labute approximate surface area is 98.9 Å². The van der Waals surface area contributed by atoms with Gasteiger partial charge in [0.15, 0.2) is 0 Å². The van der Waals surface area contributed by atoms with E-state index in [1.807, 2.05) is 12.3 Å². The second kappa shape index (κ2) is 6.83. The zero-order valence-corrected chi connectivity index (χ0v) is 10.6. The maximum Gasteiger partial charge on any atom is 0.150 e. The van der Waals surface area contributed by atoms with Gasteiger partial charge in [-0.15, -0.1) is 11.3 Å². The molecular weight excluding hydrogens is 226 g/mol. The normalized spacial score (nSPS) is 12.3. The maximum absolute atomic E-state index is 8.89. The van der Waals surface area contributed by atoms with Crippen LogP contribution in [-0.2, 0) is 0 Å². The molecule has 0 fully saturated rings. The summed E-state index contributed by atoms with van der Waals surface area (Å²) in [6, 6.07) is 2.19. The molecule has 82 valence electrons. The number of rotatable bonds is 6. The molecule has 0 aliphatic heterocycles. The van der Waals surface area contributed by atoms with Crippen molar-refractivity contribution in [3.8, 4) is 6.07 Å². The fourth-order valence-electron chi connectivity index (χ4n) is 1.01. The van der Waals surface area contributed by atoms with Gasteiger partial charge in [0.25, 0.3) is 0 Å². The monoisotopic (exact) mass is 241 g/mol. The number of nitriles is 1. The zero-order chi connectivity index (χ0) is 11.1. The number of nitrogens with zero attached hydrogens (tertiary/aromatic N) is 2. The molecule has 0 spiro atoms. The first-order valence-corrected chi connectivity index (χ1v) is 6.80. The van der Waals surface area contributed by atoms with Crippen molar-refractivity contribution in [3.63, 3.8) is 0 Å². The number of aryl methyl sites for hydroxylation is 1. The van der Waals surface area contributed by atoms with Crippen molar-refractivity contribution in [2.24, 2.45) is 0 Å². The maximum atomic E-state index is 8.89. The predicted octanol–water partition coefficient (Wildman–Crippen LogP) is 2.44. The predicted molar refractivity (Wildman–Crippen MR) is 65.3 cm³/mol. The minimum absolute atomic E-state index is 0.0702. The molecule has 1 aromatic rings. The molecule has 15 heavy (non-hydrogen) atoms.